The fourth-order valence-corrected chi connectivity index (χ4v) is 3.56. The largest absolute Gasteiger partial charge is 0.480 e. The van der Waals surface area contributed by atoms with Gasteiger partial charge in [-0.2, -0.15) is 0 Å². The van der Waals surface area contributed by atoms with E-state index in [0.717, 1.165) is 11.1 Å². The Morgan fingerprint density at radius 3 is 2.30 bits per heavy atom. The van der Waals surface area contributed by atoms with Gasteiger partial charge in [0.25, 0.3) is 0 Å². The zero-order valence-corrected chi connectivity index (χ0v) is 12.2. The lowest BCUT2D eigenvalue weighted by Crippen LogP contribution is -2.18. The van der Waals surface area contributed by atoms with Crippen LogP contribution in [-0.2, 0) is 15.6 Å². The average Bonchev–Trinajstić information content (AvgIpc) is 2.39. The van der Waals surface area contributed by atoms with E-state index in [0.29, 0.717) is 10.5 Å². The molecule has 0 heterocycles. The number of hydrogen-bond donors (Lipinski definition) is 1. The fourth-order valence-electron chi connectivity index (χ4n) is 2.14. The molecule has 20 heavy (non-hydrogen) atoms. The molecule has 0 bridgehead atoms. The minimum atomic E-state index is -1.62. The minimum Gasteiger partial charge on any atom is -0.480 e. The fraction of sp³-hybridized carbons (Fsp3) is 0.188. The summed E-state index contributed by atoms with van der Waals surface area (Å²) in [6.07, 6.45) is 0. The van der Waals surface area contributed by atoms with Crippen molar-refractivity contribution >= 4 is 16.8 Å². The van der Waals surface area contributed by atoms with Crippen LogP contribution in [0.25, 0.3) is 0 Å². The van der Waals surface area contributed by atoms with Crippen LogP contribution < -0.4 is 0 Å². The topological polar surface area (TPSA) is 54.4 Å². The number of benzene rings is 2. The van der Waals surface area contributed by atoms with Gasteiger partial charge in [0, 0.05) is 4.90 Å². The third-order valence-electron chi connectivity index (χ3n) is 3.09. The minimum absolute atomic E-state index is 0.554. The van der Waals surface area contributed by atoms with Crippen molar-refractivity contribution in [3.05, 3.63) is 65.2 Å². The van der Waals surface area contributed by atoms with Crippen LogP contribution in [0.3, 0.4) is 0 Å². The van der Waals surface area contributed by atoms with E-state index in [-0.39, 0.29) is 0 Å². The average molecular weight is 288 g/mol. The molecule has 0 saturated carbocycles. The second-order valence-electron chi connectivity index (χ2n) is 4.70. The second kappa shape index (κ2) is 6.01. The van der Waals surface area contributed by atoms with Crippen molar-refractivity contribution in [3.63, 3.8) is 0 Å². The van der Waals surface area contributed by atoms with E-state index in [4.69, 9.17) is 0 Å². The van der Waals surface area contributed by atoms with Gasteiger partial charge in [-0.05, 0) is 31.0 Å². The lowest BCUT2D eigenvalue weighted by molar-refractivity contribution is -0.136. The highest BCUT2D eigenvalue weighted by Gasteiger charge is 2.28. The predicted molar refractivity (Wildman–Crippen MR) is 79.1 cm³/mol. The molecule has 0 saturated heterocycles. The molecule has 0 amide bonds. The lowest BCUT2D eigenvalue weighted by Gasteiger charge is -2.14. The Hall–Kier alpha value is -1.94. The summed E-state index contributed by atoms with van der Waals surface area (Å²) >= 11 is 0. The van der Waals surface area contributed by atoms with Gasteiger partial charge in [0.05, 0.1) is 10.8 Å². The number of hydrogen-bond acceptors (Lipinski definition) is 2. The van der Waals surface area contributed by atoms with Crippen molar-refractivity contribution in [2.24, 2.45) is 0 Å². The summed E-state index contributed by atoms with van der Waals surface area (Å²) < 4.78 is 12.6. The SMILES string of the molecule is Cc1ccc(S(=O)C(C(=O)O)c2ccccc2)c(C)c1. The summed E-state index contributed by atoms with van der Waals surface area (Å²) in [7, 11) is -1.62. The predicted octanol–water partition coefficient (Wildman–Crippen LogP) is 3.24. The van der Waals surface area contributed by atoms with E-state index >= 15 is 0 Å². The first-order chi connectivity index (χ1) is 9.50. The third-order valence-corrected chi connectivity index (χ3v) is 4.88. The molecule has 0 aliphatic heterocycles. The Bertz CT molecular complexity index is 650. The van der Waals surface area contributed by atoms with Crippen molar-refractivity contribution in [3.8, 4) is 0 Å². The van der Waals surface area contributed by atoms with Gasteiger partial charge in [-0.15, -0.1) is 0 Å². The Kier molecular flexibility index (Phi) is 4.35. The van der Waals surface area contributed by atoms with Crippen molar-refractivity contribution in [1.82, 2.24) is 0 Å². The molecule has 2 rings (SSSR count). The molecule has 0 radical (unpaired) electrons. The van der Waals surface area contributed by atoms with E-state index in [9.17, 15) is 14.1 Å². The van der Waals surface area contributed by atoms with Gasteiger partial charge >= 0.3 is 5.97 Å². The first-order valence-electron chi connectivity index (χ1n) is 6.26. The number of carbonyl (C=O) groups is 1. The highest BCUT2D eigenvalue weighted by Crippen LogP contribution is 2.27. The molecule has 0 aliphatic carbocycles. The van der Waals surface area contributed by atoms with Crippen molar-refractivity contribution in [1.29, 1.82) is 0 Å². The van der Waals surface area contributed by atoms with Gasteiger partial charge in [0.1, 0.15) is 0 Å². The molecule has 1 N–H and O–H groups in total. The van der Waals surface area contributed by atoms with Crippen molar-refractivity contribution in [2.75, 3.05) is 0 Å². The highest BCUT2D eigenvalue weighted by molar-refractivity contribution is 7.86. The summed E-state index contributed by atoms with van der Waals surface area (Å²) in [5.74, 6) is -1.07. The molecule has 2 aromatic carbocycles. The summed E-state index contributed by atoms with van der Waals surface area (Å²) in [6, 6.07) is 14.2. The summed E-state index contributed by atoms with van der Waals surface area (Å²) in [5, 5.41) is 8.37. The number of aryl methyl sites for hydroxylation is 2. The normalized spacial score (nSPS) is 13.7. The standard InChI is InChI=1S/C16H16O3S/c1-11-8-9-14(12(2)10-11)20(19)15(16(17)18)13-6-4-3-5-7-13/h3-10,15H,1-2H3,(H,17,18). The first-order valence-corrected chi connectivity index (χ1v) is 7.47. The number of rotatable bonds is 4. The Morgan fingerprint density at radius 2 is 1.75 bits per heavy atom. The third kappa shape index (κ3) is 2.96. The maximum Gasteiger partial charge on any atom is 0.324 e. The molecule has 2 atom stereocenters. The second-order valence-corrected chi connectivity index (χ2v) is 6.20. The van der Waals surface area contributed by atoms with Crippen LogP contribution in [0.4, 0.5) is 0 Å². The van der Waals surface area contributed by atoms with E-state index in [1.165, 1.54) is 0 Å². The molecular formula is C16H16O3S. The Balaban J connectivity index is 2.45. The van der Waals surface area contributed by atoms with Gasteiger partial charge in [-0.3, -0.25) is 9.00 Å². The zero-order valence-electron chi connectivity index (χ0n) is 11.4. The van der Waals surface area contributed by atoms with Crippen molar-refractivity contribution < 1.29 is 14.1 Å². The maximum atomic E-state index is 12.6. The quantitative estimate of drug-likeness (QED) is 0.939. The van der Waals surface area contributed by atoms with Gasteiger partial charge in [0.2, 0.25) is 0 Å². The van der Waals surface area contributed by atoms with Crippen molar-refractivity contribution in [2.45, 2.75) is 24.0 Å². The molecule has 3 nitrogen and oxygen atoms in total. The van der Waals surface area contributed by atoms with Gasteiger partial charge < -0.3 is 5.11 Å². The Morgan fingerprint density at radius 1 is 1.10 bits per heavy atom. The van der Waals surface area contributed by atoms with Crippen LogP contribution in [0.1, 0.15) is 21.9 Å². The molecule has 0 aliphatic rings. The molecule has 0 aromatic heterocycles. The molecular weight excluding hydrogens is 272 g/mol. The number of carboxylic acid groups (broad SMARTS) is 1. The van der Waals surface area contributed by atoms with E-state index in [2.05, 4.69) is 0 Å². The smallest absolute Gasteiger partial charge is 0.324 e. The van der Waals surface area contributed by atoms with Crippen LogP contribution in [0.2, 0.25) is 0 Å². The van der Waals surface area contributed by atoms with Crippen LogP contribution in [-0.4, -0.2) is 15.3 Å². The molecule has 0 fully saturated rings. The number of aliphatic carboxylic acids is 1. The van der Waals surface area contributed by atoms with Crippen LogP contribution in [0, 0.1) is 13.8 Å². The summed E-state index contributed by atoms with van der Waals surface area (Å²) in [4.78, 5) is 12.1. The van der Waals surface area contributed by atoms with E-state index < -0.39 is 22.0 Å². The summed E-state index contributed by atoms with van der Waals surface area (Å²) in [5.41, 5.74) is 2.47. The van der Waals surface area contributed by atoms with E-state index in [1.807, 2.05) is 32.0 Å². The zero-order chi connectivity index (χ0) is 14.7. The molecule has 2 unspecified atom stereocenters. The Labute approximate surface area is 120 Å². The van der Waals surface area contributed by atoms with Gasteiger partial charge in [0.15, 0.2) is 5.25 Å². The maximum absolute atomic E-state index is 12.6. The highest BCUT2D eigenvalue weighted by atomic mass is 32.2. The van der Waals surface area contributed by atoms with Crippen LogP contribution in [0.5, 0.6) is 0 Å². The summed E-state index contributed by atoms with van der Waals surface area (Å²) in [6.45, 7) is 3.80. The van der Waals surface area contributed by atoms with E-state index in [1.54, 1.807) is 30.3 Å². The first kappa shape index (κ1) is 14.5. The van der Waals surface area contributed by atoms with Gasteiger partial charge in [-0.25, -0.2) is 0 Å². The molecule has 2 aromatic rings. The molecule has 104 valence electrons. The van der Waals surface area contributed by atoms with Crippen LogP contribution >= 0.6 is 0 Å². The molecule has 0 spiro atoms. The van der Waals surface area contributed by atoms with Crippen LogP contribution in [0.15, 0.2) is 53.4 Å². The monoisotopic (exact) mass is 288 g/mol. The lowest BCUT2D eigenvalue weighted by atomic mass is 10.1. The molecule has 4 heteroatoms. The van der Waals surface area contributed by atoms with Gasteiger partial charge in [-0.1, -0.05) is 48.0 Å². The number of carboxylic acids is 1.